The highest BCUT2D eigenvalue weighted by Crippen LogP contribution is 2.29. The van der Waals surface area contributed by atoms with Gasteiger partial charge in [-0.1, -0.05) is 24.3 Å². The van der Waals surface area contributed by atoms with Gasteiger partial charge in [-0.15, -0.1) is 0 Å². The van der Waals surface area contributed by atoms with E-state index in [1.165, 1.54) is 0 Å². The highest BCUT2D eigenvalue weighted by atomic mass is 19.1. The van der Waals surface area contributed by atoms with Gasteiger partial charge in [0, 0.05) is 29.6 Å². The number of nitrogens with zero attached hydrogens (tertiary/aromatic N) is 3. The maximum absolute atomic E-state index is 14.4. The number of aliphatic imine (C=N–C) groups is 1. The van der Waals surface area contributed by atoms with Gasteiger partial charge < -0.3 is 10.2 Å². The lowest BCUT2D eigenvalue weighted by atomic mass is 9.95. The Morgan fingerprint density at radius 2 is 2.10 bits per heavy atom. The van der Waals surface area contributed by atoms with E-state index in [0.29, 0.717) is 31.5 Å². The van der Waals surface area contributed by atoms with Crippen LogP contribution in [-0.2, 0) is 6.54 Å². The molecule has 3 aromatic rings. The van der Waals surface area contributed by atoms with Crippen LogP contribution in [0.4, 0.5) is 10.1 Å². The minimum Gasteiger partial charge on any atom is -0.339 e. The minimum atomic E-state index is -1.32. The topological polar surface area (TPSA) is 57.6 Å². The summed E-state index contributed by atoms with van der Waals surface area (Å²) < 4.78 is 14.4. The average Bonchev–Trinajstić information content (AvgIpc) is 3.15. The van der Waals surface area contributed by atoms with Crippen LogP contribution in [0.15, 0.2) is 59.7 Å². The molecule has 2 aliphatic heterocycles. The summed E-state index contributed by atoms with van der Waals surface area (Å²) in [7, 11) is 0. The van der Waals surface area contributed by atoms with Gasteiger partial charge in [0.25, 0.3) is 5.91 Å². The van der Waals surface area contributed by atoms with E-state index in [0.717, 1.165) is 33.6 Å². The number of aromatic nitrogens is 1. The highest BCUT2D eigenvalue weighted by Gasteiger charge is 2.33. The zero-order valence-corrected chi connectivity index (χ0v) is 16.9. The Kier molecular flexibility index (Phi) is 4.50. The van der Waals surface area contributed by atoms with Crippen LogP contribution in [-0.4, -0.2) is 40.4 Å². The van der Waals surface area contributed by atoms with Crippen molar-refractivity contribution in [2.24, 2.45) is 4.99 Å². The molecule has 152 valence electrons. The molecule has 3 heterocycles. The number of fused-ring (bicyclic) bond motifs is 2. The highest BCUT2D eigenvalue weighted by molar-refractivity contribution is 6.11. The number of rotatable bonds is 2. The molecule has 2 aromatic carbocycles. The lowest BCUT2D eigenvalue weighted by Gasteiger charge is -2.35. The Morgan fingerprint density at radius 3 is 2.97 bits per heavy atom. The molecule has 1 atom stereocenters. The molecule has 0 spiro atoms. The molecule has 1 unspecified atom stereocenters. The minimum absolute atomic E-state index is 0.108. The van der Waals surface area contributed by atoms with E-state index in [1.54, 1.807) is 18.0 Å². The van der Waals surface area contributed by atoms with E-state index in [9.17, 15) is 9.18 Å². The monoisotopic (exact) mass is 402 g/mol. The molecule has 1 N–H and O–H groups in total. The van der Waals surface area contributed by atoms with Crippen LogP contribution < -0.4 is 5.32 Å². The predicted molar refractivity (Wildman–Crippen MR) is 117 cm³/mol. The molecule has 1 fully saturated rings. The summed E-state index contributed by atoms with van der Waals surface area (Å²) >= 11 is 0. The molecular formula is C24H23FN4O. The molecule has 0 aliphatic carbocycles. The molecule has 2 aliphatic rings. The van der Waals surface area contributed by atoms with Gasteiger partial charge in [-0.05, 0) is 54.8 Å². The van der Waals surface area contributed by atoms with Gasteiger partial charge in [-0.3, -0.25) is 14.8 Å². The summed E-state index contributed by atoms with van der Waals surface area (Å²) in [6.07, 6.45) is 2.96. The van der Waals surface area contributed by atoms with E-state index < -0.39 is 5.67 Å². The molecule has 1 saturated heterocycles. The molecule has 0 bridgehead atoms. The van der Waals surface area contributed by atoms with E-state index in [1.807, 2.05) is 48.5 Å². The normalized spacial score (nSPS) is 20.7. The first kappa shape index (κ1) is 18.7. The summed E-state index contributed by atoms with van der Waals surface area (Å²) in [5.74, 6) is 0.649. The van der Waals surface area contributed by atoms with Crippen LogP contribution in [0.5, 0.6) is 0 Å². The SMILES string of the molecule is CC1(F)CCCN(C(=O)c2cccc3cc(NC4=NCc5cccnc54)ccc23)C1. The third-order valence-corrected chi connectivity index (χ3v) is 5.83. The van der Waals surface area contributed by atoms with Gasteiger partial charge >= 0.3 is 0 Å². The molecular weight excluding hydrogens is 379 g/mol. The van der Waals surface area contributed by atoms with Crippen molar-refractivity contribution >= 4 is 28.2 Å². The van der Waals surface area contributed by atoms with Crippen molar-refractivity contribution < 1.29 is 9.18 Å². The molecule has 6 heteroatoms. The number of hydrogen-bond donors (Lipinski definition) is 1. The van der Waals surface area contributed by atoms with Gasteiger partial charge in [-0.25, -0.2) is 4.39 Å². The first-order chi connectivity index (χ1) is 14.5. The molecule has 5 rings (SSSR count). The van der Waals surface area contributed by atoms with Gasteiger partial charge in [0.1, 0.15) is 11.4 Å². The second kappa shape index (κ2) is 7.20. The zero-order chi connectivity index (χ0) is 20.7. The smallest absolute Gasteiger partial charge is 0.254 e. The summed E-state index contributed by atoms with van der Waals surface area (Å²) in [5, 5.41) is 5.17. The number of alkyl halides is 1. The number of amides is 1. The number of carbonyl (C=O) groups excluding carboxylic acids is 1. The fourth-order valence-corrected chi connectivity index (χ4v) is 4.34. The predicted octanol–water partition coefficient (Wildman–Crippen LogP) is 4.57. The van der Waals surface area contributed by atoms with Gasteiger partial charge in [0.15, 0.2) is 5.84 Å². The third-order valence-electron chi connectivity index (χ3n) is 5.83. The number of carbonyl (C=O) groups is 1. The van der Waals surface area contributed by atoms with Crippen molar-refractivity contribution in [3.8, 4) is 0 Å². The number of benzene rings is 2. The van der Waals surface area contributed by atoms with Gasteiger partial charge in [-0.2, -0.15) is 0 Å². The molecule has 5 nitrogen and oxygen atoms in total. The molecule has 30 heavy (non-hydrogen) atoms. The van der Waals surface area contributed by atoms with Crippen molar-refractivity contribution in [3.63, 3.8) is 0 Å². The van der Waals surface area contributed by atoms with Crippen molar-refractivity contribution in [1.29, 1.82) is 0 Å². The first-order valence-electron chi connectivity index (χ1n) is 10.3. The quantitative estimate of drug-likeness (QED) is 0.683. The lowest BCUT2D eigenvalue weighted by Crippen LogP contribution is -2.46. The van der Waals surface area contributed by atoms with E-state index in [-0.39, 0.29) is 12.5 Å². The Bertz CT molecular complexity index is 1170. The average molecular weight is 402 g/mol. The number of likely N-dealkylation sites (tertiary alicyclic amines) is 1. The fourth-order valence-electron chi connectivity index (χ4n) is 4.34. The second-order valence-corrected chi connectivity index (χ2v) is 8.29. The molecule has 1 aromatic heterocycles. The lowest BCUT2D eigenvalue weighted by molar-refractivity contribution is 0.0419. The maximum Gasteiger partial charge on any atom is 0.254 e. The van der Waals surface area contributed by atoms with E-state index in [2.05, 4.69) is 15.3 Å². The van der Waals surface area contributed by atoms with Crippen LogP contribution in [0.3, 0.4) is 0 Å². The maximum atomic E-state index is 14.4. The number of halogens is 1. The first-order valence-corrected chi connectivity index (χ1v) is 10.3. The summed E-state index contributed by atoms with van der Waals surface area (Å²) in [4.78, 5) is 23.7. The number of amidine groups is 1. The third kappa shape index (κ3) is 3.43. The number of anilines is 1. The molecule has 1 amide bonds. The molecule has 0 radical (unpaired) electrons. The largest absolute Gasteiger partial charge is 0.339 e. The number of hydrogen-bond acceptors (Lipinski definition) is 4. The van der Waals surface area contributed by atoms with E-state index in [4.69, 9.17) is 0 Å². The second-order valence-electron chi connectivity index (χ2n) is 8.29. The van der Waals surface area contributed by atoms with Crippen molar-refractivity contribution in [2.75, 3.05) is 18.4 Å². The Hall–Kier alpha value is -3.28. The van der Waals surface area contributed by atoms with Crippen molar-refractivity contribution in [2.45, 2.75) is 32.0 Å². The Labute approximate surface area is 174 Å². The summed E-state index contributed by atoms with van der Waals surface area (Å²) in [6, 6.07) is 15.5. The van der Waals surface area contributed by atoms with Crippen LogP contribution in [0.25, 0.3) is 10.8 Å². The Balaban J connectivity index is 1.42. The van der Waals surface area contributed by atoms with Crippen LogP contribution in [0.2, 0.25) is 0 Å². The van der Waals surface area contributed by atoms with E-state index >= 15 is 0 Å². The van der Waals surface area contributed by atoms with Crippen LogP contribution >= 0.6 is 0 Å². The van der Waals surface area contributed by atoms with Crippen molar-refractivity contribution in [3.05, 3.63) is 71.5 Å². The van der Waals surface area contributed by atoms with Crippen LogP contribution in [0, 0.1) is 0 Å². The standard InChI is InChI=1S/C24H23FN4O/c1-24(25)10-4-12-29(15-24)23(30)20-7-2-5-16-13-18(8-9-19(16)20)28-22-21-17(14-27-22)6-3-11-26-21/h2-3,5-9,11,13H,4,10,12,14-15H2,1H3,(H,27,28). The fraction of sp³-hybridized carbons (Fsp3) is 0.292. The van der Waals surface area contributed by atoms with Gasteiger partial charge in [0.2, 0.25) is 0 Å². The summed E-state index contributed by atoms with van der Waals surface area (Å²) in [6.45, 7) is 2.95. The summed E-state index contributed by atoms with van der Waals surface area (Å²) in [5.41, 5.74) is 2.17. The number of nitrogens with one attached hydrogen (secondary N) is 1. The van der Waals surface area contributed by atoms with Crippen LogP contribution in [0.1, 0.15) is 41.4 Å². The Morgan fingerprint density at radius 1 is 1.20 bits per heavy atom. The number of piperidine rings is 1. The zero-order valence-electron chi connectivity index (χ0n) is 16.9. The van der Waals surface area contributed by atoms with Crippen molar-refractivity contribution in [1.82, 2.24) is 9.88 Å². The molecule has 0 saturated carbocycles. The number of pyridine rings is 1. The van der Waals surface area contributed by atoms with Gasteiger partial charge in [0.05, 0.1) is 13.1 Å².